The van der Waals surface area contributed by atoms with Crippen molar-refractivity contribution in [3.8, 4) is 17.2 Å². The van der Waals surface area contributed by atoms with E-state index in [2.05, 4.69) is 10.5 Å². The van der Waals surface area contributed by atoms with Crippen LogP contribution in [0.15, 0.2) is 70.7 Å². The number of rotatable bonds is 9. The van der Waals surface area contributed by atoms with Crippen molar-refractivity contribution in [2.24, 2.45) is 5.10 Å². The molecule has 3 rings (SSSR count). The van der Waals surface area contributed by atoms with Crippen LogP contribution < -0.4 is 19.6 Å². The first-order valence-electron chi connectivity index (χ1n) is 9.64. The van der Waals surface area contributed by atoms with Gasteiger partial charge in [0.25, 0.3) is 5.91 Å². The first-order valence-corrected chi connectivity index (χ1v) is 11.0. The summed E-state index contributed by atoms with van der Waals surface area (Å²) in [6, 6.07) is 18.6. The van der Waals surface area contributed by atoms with Crippen molar-refractivity contribution >= 4 is 35.5 Å². The van der Waals surface area contributed by atoms with Crippen molar-refractivity contribution in [1.82, 2.24) is 5.43 Å². The summed E-state index contributed by atoms with van der Waals surface area (Å²) in [6.07, 6.45) is 1.51. The van der Waals surface area contributed by atoms with Crippen molar-refractivity contribution in [3.63, 3.8) is 0 Å². The number of carbonyl (C=O) groups excluding carboxylic acids is 1. The van der Waals surface area contributed by atoms with Gasteiger partial charge in [0.1, 0.15) is 0 Å². The van der Waals surface area contributed by atoms with E-state index in [9.17, 15) is 4.79 Å². The monoisotopic (exact) mass is 470 g/mol. The fraction of sp³-hybridized carbons (Fsp3) is 0.167. The predicted molar refractivity (Wildman–Crippen MR) is 129 cm³/mol. The SMILES string of the molecule is COc1cc(/C=N\NC(=O)c2ccc(CSc3ccc(Cl)cc3)cc2)cc(OC)c1OC. The molecular weight excluding hydrogens is 448 g/mol. The van der Waals surface area contributed by atoms with Crippen molar-refractivity contribution in [1.29, 1.82) is 0 Å². The molecule has 3 aromatic carbocycles. The van der Waals surface area contributed by atoms with Gasteiger partial charge in [-0.15, -0.1) is 11.8 Å². The second kappa shape index (κ2) is 11.5. The summed E-state index contributed by atoms with van der Waals surface area (Å²) in [5.74, 6) is 2.00. The van der Waals surface area contributed by atoms with E-state index >= 15 is 0 Å². The largest absolute Gasteiger partial charge is 0.493 e. The molecule has 0 fully saturated rings. The fourth-order valence-corrected chi connectivity index (χ4v) is 3.84. The minimum atomic E-state index is -0.300. The topological polar surface area (TPSA) is 69.2 Å². The number of hydrogen-bond acceptors (Lipinski definition) is 6. The number of carbonyl (C=O) groups is 1. The molecule has 0 spiro atoms. The third-order valence-corrected chi connectivity index (χ3v) is 5.84. The molecule has 3 aromatic rings. The van der Waals surface area contributed by atoms with Crippen LogP contribution in [0.25, 0.3) is 0 Å². The maximum absolute atomic E-state index is 12.4. The summed E-state index contributed by atoms with van der Waals surface area (Å²) < 4.78 is 15.9. The predicted octanol–water partition coefficient (Wildman–Crippen LogP) is 5.42. The Morgan fingerprint density at radius 2 is 1.59 bits per heavy atom. The molecule has 0 aliphatic carbocycles. The molecule has 166 valence electrons. The zero-order valence-corrected chi connectivity index (χ0v) is 19.5. The number of hydrogen-bond donors (Lipinski definition) is 1. The molecule has 0 saturated carbocycles. The molecule has 1 amide bonds. The summed E-state index contributed by atoms with van der Waals surface area (Å²) in [5, 5.41) is 4.76. The molecule has 0 atom stereocenters. The smallest absolute Gasteiger partial charge is 0.271 e. The number of benzene rings is 3. The van der Waals surface area contributed by atoms with Crippen LogP contribution in [-0.2, 0) is 5.75 Å². The van der Waals surface area contributed by atoms with Crippen LogP contribution in [0, 0.1) is 0 Å². The zero-order chi connectivity index (χ0) is 22.9. The number of hydrazone groups is 1. The molecule has 32 heavy (non-hydrogen) atoms. The van der Waals surface area contributed by atoms with E-state index in [1.54, 1.807) is 36.0 Å². The van der Waals surface area contributed by atoms with E-state index in [0.717, 1.165) is 21.2 Å². The number of methoxy groups -OCH3 is 3. The second-order valence-corrected chi connectivity index (χ2v) is 8.08. The number of amides is 1. The van der Waals surface area contributed by atoms with Crippen LogP contribution in [0.5, 0.6) is 17.2 Å². The average molecular weight is 471 g/mol. The van der Waals surface area contributed by atoms with Gasteiger partial charge in [0.2, 0.25) is 5.75 Å². The highest BCUT2D eigenvalue weighted by atomic mass is 35.5. The van der Waals surface area contributed by atoms with E-state index in [1.165, 1.54) is 27.5 Å². The van der Waals surface area contributed by atoms with Gasteiger partial charge in [0.05, 0.1) is 27.5 Å². The van der Waals surface area contributed by atoms with Crippen LogP contribution in [0.4, 0.5) is 0 Å². The molecule has 0 saturated heterocycles. The van der Waals surface area contributed by atoms with Crippen LogP contribution in [0.1, 0.15) is 21.5 Å². The van der Waals surface area contributed by atoms with Crippen molar-refractivity contribution < 1.29 is 19.0 Å². The molecule has 0 radical (unpaired) electrons. The lowest BCUT2D eigenvalue weighted by Crippen LogP contribution is -2.17. The lowest BCUT2D eigenvalue weighted by Gasteiger charge is -2.12. The molecule has 1 N–H and O–H groups in total. The molecule has 6 nitrogen and oxygen atoms in total. The maximum atomic E-state index is 12.4. The molecule has 0 aromatic heterocycles. The molecule has 0 unspecified atom stereocenters. The van der Waals surface area contributed by atoms with E-state index in [-0.39, 0.29) is 5.91 Å². The molecule has 0 bridgehead atoms. The number of nitrogens with zero attached hydrogens (tertiary/aromatic N) is 1. The van der Waals surface area contributed by atoms with Crippen molar-refractivity contribution in [2.75, 3.05) is 21.3 Å². The van der Waals surface area contributed by atoms with Crippen LogP contribution in [-0.4, -0.2) is 33.5 Å². The Hall–Kier alpha value is -3.16. The minimum absolute atomic E-state index is 0.300. The number of halogens is 1. The van der Waals surface area contributed by atoms with E-state index in [1.807, 2.05) is 36.4 Å². The maximum Gasteiger partial charge on any atom is 0.271 e. The van der Waals surface area contributed by atoms with Crippen molar-refractivity contribution in [3.05, 3.63) is 82.4 Å². The quantitative estimate of drug-likeness (QED) is 0.257. The van der Waals surface area contributed by atoms with Crippen LogP contribution in [0.3, 0.4) is 0 Å². The van der Waals surface area contributed by atoms with Gasteiger partial charge in [-0.25, -0.2) is 5.43 Å². The number of ether oxygens (including phenoxy) is 3. The second-order valence-electron chi connectivity index (χ2n) is 6.60. The molecular formula is C24H23ClN2O4S. The first-order chi connectivity index (χ1) is 15.5. The van der Waals surface area contributed by atoms with E-state index < -0.39 is 0 Å². The highest BCUT2D eigenvalue weighted by molar-refractivity contribution is 7.98. The highest BCUT2D eigenvalue weighted by Crippen LogP contribution is 2.37. The molecule has 8 heteroatoms. The first kappa shape index (κ1) is 23.5. The van der Waals surface area contributed by atoms with Crippen LogP contribution >= 0.6 is 23.4 Å². The van der Waals surface area contributed by atoms with Gasteiger partial charge in [-0.05, 0) is 54.1 Å². The third kappa shape index (κ3) is 6.18. The minimum Gasteiger partial charge on any atom is -0.493 e. The Morgan fingerprint density at radius 1 is 0.969 bits per heavy atom. The van der Waals surface area contributed by atoms with Gasteiger partial charge in [0.15, 0.2) is 11.5 Å². The Morgan fingerprint density at radius 3 is 2.16 bits per heavy atom. The van der Waals surface area contributed by atoms with Gasteiger partial charge in [0, 0.05) is 26.8 Å². The summed E-state index contributed by atoms with van der Waals surface area (Å²) in [4.78, 5) is 13.5. The summed E-state index contributed by atoms with van der Waals surface area (Å²) in [7, 11) is 4.62. The van der Waals surface area contributed by atoms with Gasteiger partial charge < -0.3 is 14.2 Å². The lowest BCUT2D eigenvalue weighted by atomic mass is 10.1. The van der Waals surface area contributed by atoms with Crippen LogP contribution in [0.2, 0.25) is 5.02 Å². The zero-order valence-electron chi connectivity index (χ0n) is 17.9. The highest BCUT2D eigenvalue weighted by Gasteiger charge is 2.12. The standard InChI is InChI=1S/C24H23ClN2O4S/c1-29-21-12-17(13-22(30-2)23(21)31-3)14-26-27-24(28)18-6-4-16(5-7-18)15-32-20-10-8-19(25)9-11-20/h4-14H,15H2,1-3H3,(H,27,28)/b26-14-. The third-order valence-electron chi connectivity index (χ3n) is 4.50. The average Bonchev–Trinajstić information content (AvgIpc) is 2.83. The van der Waals surface area contributed by atoms with Gasteiger partial charge in [-0.2, -0.15) is 5.10 Å². The number of thioether (sulfide) groups is 1. The Bertz CT molecular complexity index is 1060. The van der Waals surface area contributed by atoms with Gasteiger partial charge in [-0.1, -0.05) is 23.7 Å². The molecule has 0 heterocycles. The number of nitrogens with one attached hydrogen (secondary N) is 1. The lowest BCUT2D eigenvalue weighted by molar-refractivity contribution is 0.0955. The van der Waals surface area contributed by atoms with Crippen molar-refractivity contribution in [2.45, 2.75) is 10.6 Å². The Labute approximate surface area is 196 Å². The summed E-state index contributed by atoms with van der Waals surface area (Å²) >= 11 is 7.62. The molecule has 0 aliphatic rings. The summed E-state index contributed by atoms with van der Waals surface area (Å²) in [5.41, 5.74) is 4.86. The van der Waals surface area contributed by atoms with Gasteiger partial charge in [-0.3, -0.25) is 4.79 Å². The Balaban J connectivity index is 1.59. The Kier molecular flexibility index (Phi) is 8.41. The van der Waals surface area contributed by atoms with Gasteiger partial charge >= 0.3 is 0 Å². The van der Waals surface area contributed by atoms with E-state index in [0.29, 0.717) is 28.4 Å². The fourth-order valence-electron chi connectivity index (χ4n) is 2.86. The summed E-state index contributed by atoms with van der Waals surface area (Å²) in [6.45, 7) is 0. The van der Waals surface area contributed by atoms with E-state index in [4.69, 9.17) is 25.8 Å². The molecule has 0 aliphatic heterocycles. The normalized spacial score (nSPS) is 10.8.